The quantitative estimate of drug-likeness (QED) is 0.361. The van der Waals surface area contributed by atoms with Crippen molar-refractivity contribution in [1.82, 2.24) is 0 Å². The summed E-state index contributed by atoms with van der Waals surface area (Å²) in [4.78, 5) is 10.1. The van der Waals surface area contributed by atoms with Gasteiger partial charge < -0.3 is 0 Å². The lowest BCUT2D eigenvalue weighted by atomic mass is 10.3. The van der Waals surface area contributed by atoms with Crippen molar-refractivity contribution in [2.24, 2.45) is 10.2 Å². The number of carbonyl (C=O) groups is 1. The average molecular weight is 169 g/mol. The van der Waals surface area contributed by atoms with Crippen LogP contribution in [0, 0.1) is 0 Å². The third kappa shape index (κ3) is 2.91. The fourth-order valence-corrected chi connectivity index (χ4v) is 0.630. The molecule has 4 heteroatoms. The van der Waals surface area contributed by atoms with Crippen LogP contribution in [-0.4, -0.2) is 5.37 Å². The summed E-state index contributed by atoms with van der Waals surface area (Å²) in [6.45, 7) is 0. The first kappa shape index (κ1) is 7.88. The SMILES string of the molecule is O=C(Cl)/N=N/c1ccccc1. The molecule has 0 atom stereocenters. The van der Waals surface area contributed by atoms with Crippen LogP contribution in [0.3, 0.4) is 0 Å². The first-order valence-corrected chi connectivity index (χ1v) is 3.33. The van der Waals surface area contributed by atoms with Gasteiger partial charge in [0.1, 0.15) is 0 Å². The molecule has 11 heavy (non-hydrogen) atoms. The molecule has 56 valence electrons. The van der Waals surface area contributed by atoms with Crippen molar-refractivity contribution in [3.63, 3.8) is 0 Å². The fraction of sp³-hybridized carbons (Fsp3) is 0. The van der Waals surface area contributed by atoms with E-state index in [-0.39, 0.29) is 0 Å². The topological polar surface area (TPSA) is 41.8 Å². The third-order valence-corrected chi connectivity index (χ3v) is 1.08. The lowest BCUT2D eigenvalue weighted by molar-refractivity contribution is 0.265. The Labute approximate surface area is 68.7 Å². The Bertz CT molecular complexity index is 271. The van der Waals surface area contributed by atoms with Gasteiger partial charge in [-0.2, -0.15) is 0 Å². The molecule has 1 rings (SSSR count). The predicted octanol–water partition coefficient (Wildman–Crippen LogP) is 3.13. The number of amides is 1. The molecule has 0 aromatic heterocycles. The van der Waals surface area contributed by atoms with Crippen LogP contribution in [0.1, 0.15) is 0 Å². The van der Waals surface area contributed by atoms with Crippen molar-refractivity contribution in [2.75, 3.05) is 0 Å². The Morgan fingerprint density at radius 1 is 1.27 bits per heavy atom. The van der Waals surface area contributed by atoms with E-state index in [2.05, 4.69) is 10.2 Å². The zero-order valence-corrected chi connectivity index (χ0v) is 6.32. The summed E-state index contributed by atoms with van der Waals surface area (Å²) in [5.74, 6) is 0. The van der Waals surface area contributed by atoms with Gasteiger partial charge in [0.05, 0.1) is 5.69 Å². The summed E-state index contributed by atoms with van der Waals surface area (Å²) in [5.41, 5.74) is 0.613. The average Bonchev–Trinajstić information content (AvgIpc) is 2.03. The number of benzene rings is 1. The standard InChI is InChI=1S/C7H5ClN2O/c8-7(11)10-9-6-4-2-1-3-5-6/h1-5H/b10-9+. The van der Waals surface area contributed by atoms with Crippen LogP contribution in [-0.2, 0) is 0 Å². The molecular weight excluding hydrogens is 164 g/mol. The highest BCUT2D eigenvalue weighted by molar-refractivity contribution is 6.63. The molecule has 0 aliphatic rings. The van der Waals surface area contributed by atoms with E-state index in [9.17, 15) is 4.79 Å². The number of nitrogens with zero attached hydrogens (tertiary/aromatic N) is 2. The van der Waals surface area contributed by atoms with Gasteiger partial charge in [-0.15, -0.1) is 5.11 Å². The van der Waals surface area contributed by atoms with E-state index >= 15 is 0 Å². The van der Waals surface area contributed by atoms with E-state index in [1.165, 1.54) is 0 Å². The van der Waals surface area contributed by atoms with Crippen molar-refractivity contribution < 1.29 is 4.79 Å². The second-order valence-corrected chi connectivity index (χ2v) is 2.11. The van der Waals surface area contributed by atoms with Gasteiger partial charge >= 0.3 is 5.37 Å². The summed E-state index contributed by atoms with van der Waals surface area (Å²) in [6, 6.07) is 8.90. The predicted molar refractivity (Wildman–Crippen MR) is 42.2 cm³/mol. The Hall–Kier alpha value is -1.22. The first-order valence-electron chi connectivity index (χ1n) is 2.95. The van der Waals surface area contributed by atoms with Crippen molar-refractivity contribution in [3.8, 4) is 0 Å². The van der Waals surface area contributed by atoms with E-state index in [1.54, 1.807) is 24.3 Å². The molecule has 3 nitrogen and oxygen atoms in total. The molecule has 0 bridgehead atoms. The highest BCUT2D eigenvalue weighted by Crippen LogP contribution is 2.10. The number of hydrogen-bond acceptors (Lipinski definition) is 2. The van der Waals surface area contributed by atoms with E-state index in [0.717, 1.165) is 0 Å². The second-order valence-electron chi connectivity index (χ2n) is 1.79. The van der Waals surface area contributed by atoms with Crippen LogP contribution in [0.15, 0.2) is 40.6 Å². The minimum Gasteiger partial charge on any atom is -0.251 e. The van der Waals surface area contributed by atoms with E-state index in [1.807, 2.05) is 6.07 Å². The molecule has 1 aromatic carbocycles. The first-order chi connectivity index (χ1) is 5.29. The number of azo groups is 1. The normalized spacial score (nSPS) is 10.3. The lowest BCUT2D eigenvalue weighted by Crippen LogP contribution is -1.68. The largest absolute Gasteiger partial charge is 0.358 e. The number of halogens is 1. The lowest BCUT2D eigenvalue weighted by Gasteiger charge is -1.85. The smallest absolute Gasteiger partial charge is 0.251 e. The number of hydrogen-bond donors (Lipinski definition) is 0. The van der Waals surface area contributed by atoms with Crippen molar-refractivity contribution in [3.05, 3.63) is 30.3 Å². The van der Waals surface area contributed by atoms with Gasteiger partial charge in [0.15, 0.2) is 0 Å². The summed E-state index contributed by atoms with van der Waals surface area (Å²) >= 11 is 4.93. The molecule has 0 aliphatic carbocycles. The second kappa shape index (κ2) is 3.83. The minimum atomic E-state index is -0.811. The summed E-state index contributed by atoms with van der Waals surface area (Å²) in [7, 11) is 0. The minimum absolute atomic E-state index is 0.613. The Morgan fingerprint density at radius 2 is 1.91 bits per heavy atom. The van der Waals surface area contributed by atoms with Gasteiger partial charge in [-0.05, 0) is 23.7 Å². The molecule has 0 saturated carbocycles. The van der Waals surface area contributed by atoms with Crippen LogP contribution in [0.5, 0.6) is 0 Å². The fourth-order valence-electron chi connectivity index (χ4n) is 0.592. The Balaban J connectivity index is 2.72. The maximum Gasteiger partial charge on any atom is 0.358 e. The Kier molecular flexibility index (Phi) is 2.74. The van der Waals surface area contributed by atoms with Crippen LogP contribution in [0.4, 0.5) is 10.5 Å². The van der Waals surface area contributed by atoms with Crippen LogP contribution in [0.2, 0.25) is 0 Å². The highest BCUT2D eigenvalue weighted by atomic mass is 35.5. The van der Waals surface area contributed by atoms with Crippen molar-refractivity contribution >= 4 is 22.7 Å². The molecule has 0 fully saturated rings. The van der Waals surface area contributed by atoms with Crippen LogP contribution < -0.4 is 0 Å². The molecule has 1 aromatic rings. The van der Waals surface area contributed by atoms with Gasteiger partial charge in [0, 0.05) is 0 Å². The van der Waals surface area contributed by atoms with E-state index in [4.69, 9.17) is 11.6 Å². The molecule has 0 heterocycles. The summed E-state index contributed by atoms with van der Waals surface area (Å²) in [5, 5.41) is 5.88. The molecule has 0 spiro atoms. The maximum absolute atomic E-state index is 10.1. The molecule has 0 aliphatic heterocycles. The van der Waals surface area contributed by atoms with E-state index < -0.39 is 5.37 Å². The summed E-state index contributed by atoms with van der Waals surface area (Å²) in [6.07, 6.45) is 0. The zero-order chi connectivity index (χ0) is 8.10. The molecule has 1 amide bonds. The van der Waals surface area contributed by atoms with Crippen molar-refractivity contribution in [2.45, 2.75) is 0 Å². The monoisotopic (exact) mass is 168 g/mol. The van der Waals surface area contributed by atoms with Gasteiger partial charge in [0.25, 0.3) is 0 Å². The molecule has 0 radical (unpaired) electrons. The van der Waals surface area contributed by atoms with Crippen molar-refractivity contribution in [1.29, 1.82) is 0 Å². The van der Waals surface area contributed by atoms with Gasteiger partial charge in [-0.25, -0.2) is 0 Å². The highest BCUT2D eigenvalue weighted by Gasteiger charge is 1.88. The zero-order valence-electron chi connectivity index (χ0n) is 5.57. The van der Waals surface area contributed by atoms with Gasteiger partial charge in [-0.3, -0.25) is 4.79 Å². The molecule has 0 saturated heterocycles. The third-order valence-electron chi connectivity index (χ3n) is 1.00. The molecule has 0 unspecified atom stereocenters. The number of rotatable bonds is 1. The van der Waals surface area contributed by atoms with Gasteiger partial charge in [0.2, 0.25) is 0 Å². The van der Waals surface area contributed by atoms with Crippen LogP contribution >= 0.6 is 11.6 Å². The van der Waals surface area contributed by atoms with E-state index in [0.29, 0.717) is 5.69 Å². The Morgan fingerprint density at radius 3 is 2.45 bits per heavy atom. The molecular formula is C7H5ClN2O. The van der Waals surface area contributed by atoms with Crippen LogP contribution in [0.25, 0.3) is 0 Å². The van der Waals surface area contributed by atoms with Gasteiger partial charge in [-0.1, -0.05) is 23.3 Å². The number of carbonyl (C=O) groups excluding carboxylic acids is 1. The maximum atomic E-state index is 10.1. The summed E-state index contributed by atoms with van der Waals surface area (Å²) < 4.78 is 0. The molecule has 0 N–H and O–H groups in total.